The van der Waals surface area contributed by atoms with E-state index in [0.717, 1.165) is 34.5 Å². The maximum Gasteiger partial charge on any atom is 0.139 e. The summed E-state index contributed by atoms with van der Waals surface area (Å²) in [6.45, 7) is 5.45. The minimum Gasteiger partial charge on any atom is -0.506 e. The topological polar surface area (TPSA) is 101 Å². The lowest BCUT2D eigenvalue weighted by Crippen LogP contribution is -2.31. The number of rotatable bonds is 3. The first-order valence-electron chi connectivity index (χ1n) is 7.74. The number of aromatic hydroxyl groups is 1. The Kier molecular flexibility index (Phi) is 3.64. The number of phenols is 1. The first kappa shape index (κ1) is 15.6. The SMILES string of the molecule is CN(CCN)c1c(O)ccc2c1CC(C)(C)c1c(N)ncnc1-2. The molecule has 5 N–H and O–H groups in total. The number of nitrogens with zero attached hydrogens (tertiary/aromatic N) is 3. The van der Waals surface area contributed by atoms with Gasteiger partial charge in [0.25, 0.3) is 0 Å². The zero-order valence-electron chi connectivity index (χ0n) is 13.8. The second kappa shape index (κ2) is 5.38. The molecular formula is C17H23N5O. The number of likely N-dealkylation sites (N-methyl/N-ethyl adjacent to an activating group) is 1. The van der Waals surface area contributed by atoms with Crippen molar-refractivity contribution in [3.8, 4) is 17.0 Å². The van der Waals surface area contributed by atoms with Gasteiger partial charge in [-0.15, -0.1) is 0 Å². The Morgan fingerprint density at radius 2 is 2.04 bits per heavy atom. The molecule has 0 aliphatic heterocycles. The van der Waals surface area contributed by atoms with Crippen LogP contribution < -0.4 is 16.4 Å². The van der Waals surface area contributed by atoms with E-state index in [1.165, 1.54) is 6.33 Å². The molecule has 0 saturated heterocycles. The molecule has 122 valence electrons. The van der Waals surface area contributed by atoms with E-state index in [1.54, 1.807) is 6.07 Å². The highest BCUT2D eigenvalue weighted by Gasteiger charge is 2.36. The van der Waals surface area contributed by atoms with Crippen molar-refractivity contribution < 1.29 is 5.11 Å². The number of benzene rings is 1. The lowest BCUT2D eigenvalue weighted by molar-refractivity contribution is 0.470. The fourth-order valence-corrected chi connectivity index (χ4v) is 3.56. The van der Waals surface area contributed by atoms with E-state index in [9.17, 15) is 5.11 Å². The van der Waals surface area contributed by atoms with E-state index < -0.39 is 0 Å². The number of hydrogen-bond acceptors (Lipinski definition) is 6. The zero-order valence-corrected chi connectivity index (χ0v) is 13.8. The standard InChI is InChI=1S/C17H23N5O/c1-17(2)8-11-10(14-13(17)16(19)21-9-20-14)4-5-12(23)15(11)22(3)7-6-18/h4-5,9,23H,6-8,18H2,1-3H3,(H2,19,20,21). The van der Waals surface area contributed by atoms with Crippen LogP contribution in [0.4, 0.5) is 11.5 Å². The fourth-order valence-electron chi connectivity index (χ4n) is 3.56. The Hall–Kier alpha value is -2.34. The lowest BCUT2D eigenvalue weighted by atomic mass is 9.71. The average Bonchev–Trinajstić information content (AvgIpc) is 2.46. The molecule has 6 heteroatoms. The molecule has 0 saturated carbocycles. The molecule has 0 spiro atoms. The molecule has 2 aromatic rings. The highest BCUT2D eigenvalue weighted by atomic mass is 16.3. The third-order valence-corrected chi connectivity index (χ3v) is 4.53. The molecular weight excluding hydrogens is 290 g/mol. The van der Waals surface area contributed by atoms with Crippen LogP contribution in [0.3, 0.4) is 0 Å². The Bertz CT molecular complexity index is 757. The number of phenolic OH excluding ortho intramolecular Hbond substituents is 1. The average molecular weight is 313 g/mol. The van der Waals surface area contributed by atoms with Gasteiger partial charge in [0.1, 0.15) is 17.9 Å². The number of nitrogen functional groups attached to an aromatic ring is 1. The maximum atomic E-state index is 10.4. The van der Waals surface area contributed by atoms with Crippen molar-refractivity contribution in [3.05, 3.63) is 29.6 Å². The molecule has 0 fully saturated rings. The summed E-state index contributed by atoms with van der Waals surface area (Å²) < 4.78 is 0. The first-order valence-corrected chi connectivity index (χ1v) is 7.74. The van der Waals surface area contributed by atoms with Gasteiger partial charge in [-0.3, -0.25) is 0 Å². The van der Waals surface area contributed by atoms with Crippen LogP contribution in [0.15, 0.2) is 18.5 Å². The van der Waals surface area contributed by atoms with E-state index in [1.807, 2.05) is 18.0 Å². The summed E-state index contributed by atoms with van der Waals surface area (Å²) in [5, 5.41) is 10.4. The molecule has 1 aliphatic rings. The van der Waals surface area contributed by atoms with Gasteiger partial charge in [-0.1, -0.05) is 13.8 Å². The Morgan fingerprint density at radius 3 is 2.74 bits per heavy atom. The molecule has 1 aliphatic carbocycles. The molecule has 0 atom stereocenters. The van der Waals surface area contributed by atoms with Crippen LogP contribution in [-0.2, 0) is 11.8 Å². The van der Waals surface area contributed by atoms with Crippen molar-refractivity contribution in [1.82, 2.24) is 9.97 Å². The minimum absolute atomic E-state index is 0.209. The van der Waals surface area contributed by atoms with Crippen LogP contribution >= 0.6 is 0 Å². The molecule has 1 heterocycles. The van der Waals surface area contributed by atoms with E-state index in [2.05, 4.69) is 23.8 Å². The predicted octanol–water partition coefficient (Wildman–Crippen LogP) is 1.66. The Balaban J connectivity index is 2.29. The second-order valence-corrected chi connectivity index (χ2v) is 6.71. The second-order valence-electron chi connectivity index (χ2n) is 6.71. The van der Waals surface area contributed by atoms with Crippen molar-refractivity contribution in [2.75, 3.05) is 30.8 Å². The molecule has 0 amide bonds. The summed E-state index contributed by atoms with van der Waals surface area (Å²) in [4.78, 5) is 10.6. The van der Waals surface area contributed by atoms with E-state index in [-0.39, 0.29) is 11.2 Å². The first-order chi connectivity index (χ1) is 10.9. The molecule has 0 unspecified atom stereocenters. The van der Waals surface area contributed by atoms with Crippen molar-refractivity contribution >= 4 is 11.5 Å². The molecule has 3 rings (SSSR count). The zero-order chi connectivity index (χ0) is 16.8. The van der Waals surface area contributed by atoms with Crippen LogP contribution in [-0.4, -0.2) is 35.2 Å². The lowest BCUT2D eigenvalue weighted by Gasteiger charge is -2.36. The summed E-state index contributed by atoms with van der Waals surface area (Å²) in [6.07, 6.45) is 2.25. The molecule has 0 bridgehead atoms. The number of aromatic nitrogens is 2. The third kappa shape index (κ3) is 2.39. The van der Waals surface area contributed by atoms with Gasteiger partial charge >= 0.3 is 0 Å². The van der Waals surface area contributed by atoms with E-state index in [4.69, 9.17) is 11.5 Å². The molecule has 0 radical (unpaired) electrons. The van der Waals surface area contributed by atoms with Crippen molar-refractivity contribution in [2.45, 2.75) is 25.7 Å². The highest BCUT2D eigenvalue weighted by molar-refractivity contribution is 5.82. The number of hydrogen-bond donors (Lipinski definition) is 3. The predicted molar refractivity (Wildman–Crippen MR) is 92.6 cm³/mol. The van der Waals surface area contributed by atoms with Crippen LogP contribution in [0.25, 0.3) is 11.3 Å². The summed E-state index contributed by atoms with van der Waals surface area (Å²) >= 11 is 0. The summed E-state index contributed by atoms with van der Waals surface area (Å²) in [5.41, 5.74) is 16.3. The number of nitrogens with two attached hydrogens (primary N) is 2. The quantitative estimate of drug-likeness (QED) is 0.796. The molecule has 1 aromatic heterocycles. The van der Waals surface area contributed by atoms with Crippen molar-refractivity contribution in [2.24, 2.45) is 5.73 Å². The van der Waals surface area contributed by atoms with Gasteiger partial charge in [-0.2, -0.15) is 0 Å². The van der Waals surface area contributed by atoms with E-state index >= 15 is 0 Å². The van der Waals surface area contributed by atoms with Crippen LogP contribution in [0.5, 0.6) is 5.75 Å². The smallest absolute Gasteiger partial charge is 0.139 e. The van der Waals surface area contributed by atoms with Crippen molar-refractivity contribution in [1.29, 1.82) is 0 Å². The van der Waals surface area contributed by atoms with Gasteiger partial charge in [0.15, 0.2) is 0 Å². The van der Waals surface area contributed by atoms with E-state index in [0.29, 0.717) is 18.9 Å². The summed E-state index contributed by atoms with van der Waals surface area (Å²) in [7, 11) is 1.94. The van der Waals surface area contributed by atoms with Gasteiger partial charge < -0.3 is 21.5 Å². The van der Waals surface area contributed by atoms with Crippen molar-refractivity contribution in [3.63, 3.8) is 0 Å². The largest absolute Gasteiger partial charge is 0.506 e. The van der Waals surface area contributed by atoms with Gasteiger partial charge in [-0.05, 0) is 29.5 Å². The number of fused-ring (bicyclic) bond motifs is 3. The van der Waals surface area contributed by atoms with Gasteiger partial charge in [0, 0.05) is 31.3 Å². The Labute approximate surface area is 136 Å². The van der Waals surface area contributed by atoms with Crippen LogP contribution in [0.1, 0.15) is 25.0 Å². The normalized spacial score (nSPS) is 15.0. The summed E-state index contributed by atoms with van der Waals surface area (Å²) in [6, 6.07) is 3.62. The number of anilines is 2. The van der Waals surface area contributed by atoms with Gasteiger partial charge in [0.05, 0.1) is 11.4 Å². The van der Waals surface area contributed by atoms with Crippen LogP contribution in [0.2, 0.25) is 0 Å². The fraction of sp³-hybridized carbons (Fsp3) is 0.412. The monoisotopic (exact) mass is 313 g/mol. The van der Waals surface area contributed by atoms with Gasteiger partial charge in [0.2, 0.25) is 0 Å². The molecule has 6 nitrogen and oxygen atoms in total. The van der Waals surface area contributed by atoms with Crippen LogP contribution in [0, 0.1) is 0 Å². The molecule has 1 aromatic carbocycles. The van der Waals surface area contributed by atoms with Gasteiger partial charge in [-0.25, -0.2) is 9.97 Å². The third-order valence-electron chi connectivity index (χ3n) is 4.53. The maximum absolute atomic E-state index is 10.4. The highest BCUT2D eigenvalue weighted by Crippen LogP contribution is 2.48. The summed E-state index contributed by atoms with van der Waals surface area (Å²) in [5.74, 6) is 0.788. The minimum atomic E-state index is -0.209. The Morgan fingerprint density at radius 1 is 1.30 bits per heavy atom. The molecule has 23 heavy (non-hydrogen) atoms.